The standard InChI is InChI=1S/C15H20Br2N2O/c16-15(17)11-12-10-13(4-5-14(12)18)20-9-8-19-6-2-1-3-7-19/h4-5,10-11H,1-3,6-9,18H2. The molecule has 3 nitrogen and oxygen atoms in total. The van der Waals surface area contributed by atoms with E-state index in [0.29, 0.717) is 0 Å². The van der Waals surface area contributed by atoms with Crippen molar-refractivity contribution in [2.24, 2.45) is 0 Å². The maximum absolute atomic E-state index is 5.93. The molecule has 0 spiro atoms. The second-order valence-corrected chi connectivity index (χ2v) is 7.75. The summed E-state index contributed by atoms with van der Waals surface area (Å²) >= 11 is 6.70. The van der Waals surface area contributed by atoms with Gasteiger partial charge < -0.3 is 10.5 Å². The van der Waals surface area contributed by atoms with Gasteiger partial charge in [0.25, 0.3) is 0 Å². The Hall–Kier alpha value is -0.520. The van der Waals surface area contributed by atoms with E-state index >= 15 is 0 Å². The van der Waals surface area contributed by atoms with Gasteiger partial charge in [-0.25, -0.2) is 0 Å². The molecule has 1 saturated heterocycles. The van der Waals surface area contributed by atoms with Crippen LogP contribution >= 0.6 is 31.9 Å². The Morgan fingerprint density at radius 2 is 2.00 bits per heavy atom. The van der Waals surface area contributed by atoms with Crippen LogP contribution in [0, 0.1) is 0 Å². The number of nitrogens with zero attached hydrogens (tertiary/aromatic N) is 1. The minimum absolute atomic E-state index is 0.725. The summed E-state index contributed by atoms with van der Waals surface area (Å²) in [5.74, 6) is 0.865. The van der Waals surface area contributed by atoms with Crippen molar-refractivity contribution in [3.8, 4) is 5.75 Å². The van der Waals surface area contributed by atoms with E-state index < -0.39 is 0 Å². The Morgan fingerprint density at radius 3 is 2.70 bits per heavy atom. The molecule has 1 aromatic carbocycles. The van der Waals surface area contributed by atoms with Crippen LogP contribution in [0.25, 0.3) is 6.08 Å². The van der Waals surface area contributed by atoms with E-state index in [-0.39, 0.29) is 0 Å². The molecule has 110 valence electrons. The van der Waals surface area contributed by atoms with Crippen LogP contribution in [0.3, 0.4) is 0 Å². The number of benzene rings is 1. The minimum Gasteiger partial charge on any atom is -0.492 e. The summed E-state index contributed by atoms with van der Waals surface area (Å²) in [4.78, 5) is 2.47. The SMILES string of the molecule is Nc1ccc(OCCN2CCCCC2)cc1C=C(Br)Br. The molecular formula is C15H20Br2N2O. The van der Waals surface area contributed by atoms with Crippen molar-refractivity contribution in [2.45, 2.75) is 19.3 Å². The molecule has 0 aliphatic carbocycles. The largest absolute Gasteiger partial charge is 0.492 e. The molecule has 1 aromatic rings. The van der Waals surface area contributed by atoms with Crippen molar-refractivity contribution in [1.29, 1.82) is 0 Å². The lowest BCUT2D eigenvalue weighted by molar-refractivity contribution is 0.183. The molecule has 2 N–H and O–H groups in total. The summed E-state index contributed by atoms with van der Waals surface area (Å²) in [5, 5.41) is 0. The predicted octanol–water partition coefficient (Wildman–Crippen LogP) is 4.22. The molecule has 5 heteroatoms. The third kappa shape index (κ3) is 5.11. The van der Waals surface area contributed by atoms with Gasteiger partial charge in [0.15, 0.2) is 0 Å². The molecule has 1 fully saturated rings. The van der Waals surface area contributed by atoms with E-state index in [9.17, 15) is 0 Å². The highest BCUT2D eigenvalue weighted by atomic mass is 79.9. The second-order valence-electron chi connectivity index (χ2n) is 4.98. The van der Waals surface area contributed by atoms with Crippen LogP contribution in [0.15, 0.2) is 21.6 Å². The van der Waals surface area contributed by atoms with Crippen molar-refractivity contribution in [3.05, 3.63) is 27.2 Å². The highest BCUT2D eigenvalue weighted by Crippen LogP contribution is 2.25. The van der Waals surface area contributed by atoms with Crippen molar-refractivity contribution < 1.29 is 4.74 Å². The summed E-state index contributed by atoms with van der Waals surface area (Å²) in [6.45, 7) is 4.13. The average Bonchev–Trinajstić information content (AvgIpc) is 2.43. The normalized spacial score (nSPS) is 15.9. The number of ether oxygens (including phenoxy) is 1. The molecule has 20 heavy (non-hydrogen) atoms. The zero-order chi connectivity index (χ0) is 14.4. The summed E-state index contributed by atoms with van der Waals surface area (Å²) in [6.07, 6.45) is 5.92. The highest BCUT2D eigenvalue weighted by molar-refractivity contribution is 9.28. The summed E-state index contributed by atoms with van der Waals surface area (Å²) in [5.41, 5.74) is 7.62. The minimum atomic E-state index is 0.725. The number of likely N-dealkylation sites (tertiary alicyclic amines) is 1. The Morgan fingerprint density at radius 1 is 1.25 bits per heavy atom. The van der Waals surface area contributed by atoms with Crippen LogP contribution in [0.5, 0.6) is 5.75 Å². The molecule has 0 atom stereocenters. The molecule has 0 radical (unpaired) electrons. The third-order valence-electron chi connectivity index (χ3n) is 3.45. The topological polar surface area (TPSA) is 38.5 Å². The van der Waals surface area contributed by atoms with Gasteiger partial charge >= 0.3 is 0 Å². The number of nitrogens with two attached hydrogens (primary N) is 1. The Bertz CT molecular complexity index is 467. The van der Waals surface area contributed by atoms with Gasteiger partial charge in [0, 0.05) is 17.8 Å². The molecule has 1 aliphatic heterocycles. The van der Waals surface area contributed by atoms with Gasteiger partial charge in [-0.15, -0.1) is 0 Å². The molecule has 0 saturated carbocycles. The van der Waals surface area contributed by atoms with Crippen LogP contribution in [0.2, 0.25) is 0 Å². The fraction of sp³-hybridized carbons (Fsp3) is 0.467. The Balaban J connectivity index is 1.87. The quantitative estimate of drug-likeness (QED) is 0.748. The first-order chi connectivity index (χ1) is 9.65. The summed E-state index contributed by atoms with van der Waals surface area (Å²) < 4.78 is 6.69. The number of piperidine rings is 1. The fourth-order valence-electron chi connectivity index (χ4n) is 2.36. The van der Waals surface area contributed by atoms with Gasteiger partial charge in [-0.05, 0) is 82.1 Å². The van der Waals surface area contributed by atoms with Crippen LogP contribution in [0.4, 0.5) is 5.69 Å². The molecule has 0 bridgehead atoms. The number of rotatable bonds is 5. The van der Waals surface area contributed by atoms with E-state index in [1.165, 1.54) is 32.4 Å². The molecule has 0 unspecified atom stereocenters. The molecule has 1 heterocycles. The maximum atomic E-state index is 5.93. The summed E-state index contributed by atoms with van der Waals surface area (Å²) in [6, 6.07) is 5.77. The highest BCUT2D eigenvalue weighted by Gasteiger charge is 2.09. The Labute approximate surface area is 137 Å². The zero-order valence-corrected chi connectivity index (χ0v) is 14.6. The maximum Gasteiger partial charge on any atom is 0.120 e. The van der Waals surface area contributed by atoms with E-state index in [2.05, 4.69) is 36.8 Å². The van der Waals surface area contributed by atoms with Gasteiger partial charge in [-0.1, -0.05) is 6.42 Å². The number of hydrogen-bond acceptors (Lipinski definition) is 3. The number of nitrogen functional groups attached to an aromatic ring is 1. The lowest BCUT2D eigenvalue weighted by atomic mass is 10.1. The summed E-state index contributed by atoms with van der Waals surface area (Å²) in [7, 11) is 0. The van der Waals surface area contributed by atoms with Crippen LogP contribution in [-0.4, -0.2) is 31.1 Å². The van der Waals surface area contributed by atoms with Gasteiger partial charge in [-0.3, -0.25) is 4.90 Å². The smallest absolute Gasteiger partial charge is 0.120 e. The monoisotopic (exact) mass is 402 g/mol. The molecule has 0 aromatic heterocycles. The van der Waals surface area contributed by atoms with E-state index in [1.54, 1.807) is 0 Å². The Kier molecular flexibility index (Phi) is 6.39. The van der Waals surface area contributed by atoms with E-state index in [1.807, 2.05) is 24.3 Å². The van der Waals surface area contributed by atoms with Crippen molar-refractivity contribution >= 4 is 43.6 Å². The zero-order valence-electron chi connectivity index (χ0n) is 11.4. The lowest BCUT2D eigenvalue weighted by Gasteiger charge is -2.26. The average molecular weight is 404 g/mol. The van der Waals surface area contributed by atoms with Crippen molar-refractivity contribution in [1.82, 2.24) is 4.90 Å². The molecular weight excluding hydrogens is 384 g/mol. The van der Waals surface area contributed by atoms with Crippen LogP contribution in [-0.2, 0) is 0 Å². The van der Waals surface area contributed by atoms with Crippen LogP contribution < -0.4 is 10.5 Å². The van der Waals surface area contributed by atoms with Gasteiger partial charge in [0.1, 0.15) is 12.4 Å². The number of hydrogen-bond donors (Lipinski definition) is 1. The first-order valence-corrected chi connectivity index (χ1v) is 8.51. The van der Waals surface area contributed by atoms with Crippen molar-refractivity contribution in [2.75, 3.05) is 32.0 Å². The van der Waals surface area contributed by atoms with E-state index in [4.69, 9.17) is 10.5 Å². The van der Waals surface area contributed by atoms with Gasteiger partial charge in [-0.2, -0.15) is 0 Å². The lowest BCUT2D eigenvalue weighted by Crippen LogP contribution is -2.33. The fourth-order valence-corrected chi connectivity index (χ4v) is 2.85. The molecule has 1 aliphatic rings. The van der Waals surface area contributed by atoms with Gasteiger partial charge in [0.05, 0.1) is 3.39 Å². The van der Waals surface area contributed by atoms with Crippen LogP contribution in [0.1, 0.15) is 24.8 Å². The van der Waals surface area contributed by atoms with E-state index in [0.717, 1.165) is 33.5 Å². The predicted molar refractivity (Wildman–Crippen MR) is 92.5 cm³/mol. The number of halogens is 2. The molecule has 0 amide bonds. The number of anilines is 1. The first-order valence-electron chi connectivity index (χ1n) is 6.92. The first kappa shape index (κ1) is 15.9. The van der Waals surface area contributed by atoms with Gasteiger partial charge in [0.2, 0.25) is 0 Å². The third-order valence-corrected chi connectivity index (χ3v) is 3.91. The molecule has 2 rings (SSSR count). The van der Waals surface area contributed by atoms with Crippen molar-refractivity contribution in [3.63, 3.8) is 0 Å². The second kappa shape index (κ2) is 8.05.